The molecule has 1 N–H and O–H groups in total. The van der Waals surface area contributed by atoms with Gasteiger partial charge in [0.1, 0.15) is 5.76 Å². The summed E-state index contributed by atoms with van der Waals surface area (Å²) in [5, 5.41) is 13.1. The topological polar surface area (TPSA) is 66.6 Å². The lowest BCUT2D eigenvalue weighted by Gasteiger charge is -2.30. The zero-order valence-electron chi connectivity index (χ0n) is 13.6. The highest BCUT2D eigenvalue weighted by Crippen LogP contribution is 2.35. The van der Waals surface area contributed by atoms with Gasteiger partial charge in [0.15, 0.2) is 0 Å². The molecule has 1 aromatic heterocycles. The number of rotatable bonds is 4. The third kappa shape index (κ3) is 3.84. The highest BCUT2D eigenvalue weighted by atomic mass is 16.5. The van der Waals surface area contributed by atoms with Gasteiger partial charge >= 0.3 is 5.97 Å². The summed E-state index contributed by atoms with van der Waals surface area (Å²) in [6, 6.07) is 2.01. The van der Waals surface area contributed by atoms with Crippen LogP contribution in [-0.2, 0) is 16.8 Å². The van der Waals surface area contributed by atoms with Gasteiger partial charge in [-0.2, -0.15) is 0 Å². The van der Waals surface area contributed by atoms with Crippen molar-refractivity contribution in [1.29, 1.82) is 0 Å². The molecule has 1 aliphatic heterocycles. The van der Waals surface area contributed by atoms with Crippen LogP contribution in [0, 0.1) is 5.92 Å². The summed E-state index contributed by atoms with van der Waals surface area (Å²) in [5.41, 5.74) is 0.877. The Hall–Kier alpha value is -1.36. The fourth-order valence-corrected chi connectivity index (χ4v) is 3.06. The van der Waals surface area contributed by atoms with Gasteiger partial charge in [0.2, 0.25) is 0 Å². The minimum atomic E-state index is -0.714. The van der Waals surface area contributed by atoms with Gasteiger partial charge in [0.05, 0.1) is 5.69 Å². The number of carbonyl (C=O) groups is 1. The smallest absolute Gasteiger partial charge is 0.303 e. The second kappa shape index (κ2) is 5.44. The van der Waals surface area contributed by atoms with Crippen molar-refractivity contribution in [1.82, 2.24) is 10.1 Å². The van der Waals surface area contributed by atoms with Gasteiger partial charge in [-0.15, -0.1) is 0 Å². The number of aromatic nitrogens is 1. The highest BCUT2D eigenvalue weighted by molar-refractivity contribution is 5.67. The van der Waals surface area contributed by atoms with Crippen LogP contribution in [0.5, 0.6) is 0 Å². The average molecular weight is 294 g/mol. The molecule has 2 rings (SSSR count). The van der Waals surface area contributed by atoms with Crippen molar-refractivity contribution in [2.45, 2.75) is 65.0 Å². The largest absolute Gasteiger partial charge is 0.481 e. The lowest BCUT2D eigenvalue weighted by atomic mass is 9.93. The van der Waals surface area contributed by atoms with Crippen molar-refractivity contribution >= 4 is 5.97 Å². The Morgan fingerprint density at radius 2 is 2.19 bits per heavy atom. The highest BCUT2D eigenvalue weighted by Gasteiger charge is 2.39. The number of carboxylic acids is 1. The predicted molar refractivity (Wildman–Crippen MR) is 80.1 cm³/mol. The Kier molecular flexibility index (Phi) is 4.15. The van der Waals surface area contributed by atoms with E-state index in [1.165, 1.54) is 0 Å². The van der Waals surface area contributed by atoms with Crippen LogP contribution < -0.4 is 0 Å². The summed E-state index contributed by atoms with van der Waals surface area (Å²) >= 11 is 0. The van der Waals surface area contributed by atoms with E-state index in [2.05, 4.69) is 44.7 Å². The van der Waals surface area contributed by atoms with Crippen LogP contribution in [0.4, 0.5) is 0 Å². The molecule has 0 saturated carbocycles. The Bertz CT molecular complexity index is 514. The quantitative estimate of drug-likeness (QED) is 0.924. The number of aliphatic carboxylic acids is 1. The summed E-state index contributed by atoms with van der Waals surface area (Å²) in [4.78, 5) is 13.2. The summed E-state index contributed by atoms with van der Waals surface area (Å²) in [7, 11) is 0. The molecule has 1 atom stereocenters. The number of nitrogens with zero attached hydrogens (tertiary/aromatic N) is 2. The van der Waals surface area contributed by atoms with Crippen LogP contribution in [0.25, 0.3) is 0 Å². The first-order chi connectivity index (χ1) is 9.58. The first-order valence-electron chi connectivity index (χ1n) is 7.51. The molecule has 0 bridgehead atoms. The molecule has 0 spiro atoms. The fourth-order valence-electron chi connectivity index (χ4n) is 3.06. The second-order valence-corrected chi connectivity index (χ2v) is 7.79. The maximum atomic E-state index is 10.9. The standard InChI is InChI=1S/C16H26N2O3/c1-15(2,3)13-7-12(17-21-13)10-18-9-11(6-14(19)20)8-16(18,4)5/h7,11H,6,8-10H2,1-5H3,(H,19,20). The Morgan fingerprint density at radius 1 is 1.52 bits per heavy atom. The van der Waals surface area contributed by atoms with E-state index in [-0.39, 0.29) is 23.3 Å². The van der Waals surface area contributed by atoms with Crippen LogP contribution in [-0.4, -0.2) is 33.2 Å². The predicted octanol–water partition coefficient (Wildman–Crippen LogP) is 3.05. The fraction of sp³-hybridized carbons (Fsp3) is 0.750. The maximum Gasteiger partial charge on any atom is 0.303 e. The van der Waals surface area contributed by atoms with E-state index in [1.807, 2.05) is 6.07 Å². The molecule has 21 heavy (non-hydrogen) atoms. The average Bonchev–Trinajstić information content (AvgIpc) is 2.83. The molecule has 0 amide bonds. The van der Waals surface area contributed by atoms with Crippen LogP contribution in [0.2, 0.25) is 0 Å². The van der Waals surface area contributed by atoms with Gasteiger partial charge in [0.25, 0.3) is 0 Å². The molecule has 1 aliphatic rings. The van der Waals surface area contributed by atoms with Crippen LogP contribution >= 0.6 is 0 Å². The number of hydrogen-bond donors (Lipinski definition) is 1. The minimum absolute atomic E-state index is 0.000955. The first kappa shape index (κ1) is 16.0. The van der Waals surface area contributed by atoms with Gasteiger partial charge in [-0.3, -0.25) is 9.69 Å². The second-order valence-electron chi connectivity index (χ2n) is 7.79. The molecule has 5 heteroatoms. The van der Waals surface area contributed by atoms with Crippen molar-refractivity contribution in [2.75, 3.05) is 6.54 Å². The zero-order valence-corrected chi connectivity index (χ0v) is 13.6. The molecule has 1 fully saturated rings. The Morgan fingerprint density at radius 3 is 2.71 bits per heavy atom. The number of hydrogen-bond acceptors (Lipinski definition) is 4. The lowest BCUT2D eigenvalue weighted by Crippen LogP contribution is -2.37. The SMILES string of the molecule is CC(C)(C)c1cc(CN2CC(CC(=O)O)CC2(C)C)no1. The zero-order chi connectivity index (χ0) is 15.8. The van der Waals surface area contributed by atoms with Crippen LogP contribution in [0.3, 0.4) is 0 Å². The van der Waals surface area contributed by atoms with Crippen LogP contribution in [0.15, 0.2) is 10.6 Å². The molecule has 5 nitrogen and oxygen atoms in total. The lowest BCUT2D eigenvalue weighted by molar-refractivity contribution is -0.138. The van der Waals surface area contributed by atoms with E-state index in [0.717, 1.165) is 24.4 Å². The van der Waals surface area contributed by atoms with Gasteiger partial charge in [-0.25, -0.2) is 0 Å². The van der Waals surface area contributed by atoms with Gasteiger partial charge in [-0.1, -0.05) is 25.9 Å². The van der Waals surface area contributed by atoms with E-state index in [1.54, 1.807) is 0 Å². The van der Waals surface area contributed by atoms with Crippen molar-refractivity contribution in [3.63, 3.8) is 0 Å². The Balaban J connectivity index is 2.05. The van der Waals surface area contributed by atoms with E-state index in [4.69, 9.17) is 9.63 Å². The molecule has 0 radical (unpaired) electrons. The van der Waals surface area contributed by atoms with E-state index >= 15 is 0 Å². The summed E-state index contributed by atoms with van der Waals surface area (Å²) in [5.74, 6) is 0.386. The minimum Gasteiger partial charge on any atom is -0.481 e. The molecule has 0 aromatic carbocycles. The van der Waals surface area contributed by atoms with Gasteiger partial charge in [-0.05, 0) is 26.2 Å². The van der Waals surface area contributed by atoms with Gasteiger partial charge < -0.3 is 9.63 Å². The van der Waals surface area contributed by atoms with Crippen molar-refractivity contribution < 1.29 is 14.4 Å². The van der Waals surface area contributed by atoms with Crippen molar-refractivity contribution in [3.05, 3.63) is 17.5 Å². The van der Waals surface area contributed by atoms with E-state index < -0.39 is 5.97 Å². The summed E-state index contributed by atoms with van der Waals surface area (Å²) in [6.45, 7) is 12.1. The van der Waals surface area contributed by atoms with Crippen molar-refractivity contribution in [3.8, 4) is 0 Å². The molecule has 0 aliphatic carbocycles. The normalized spacial score (nSPS) is 22.6. The number of carboxylic acid groups (broad SMARTS) is 1. The van der Waals surface area contributed by atoms with Gasteiger partial charge in [0, 0.05) is 36.5 Å². The number of likely N-dealkylation sites (tertiary alicyclic amines) is 1. The monoisotopic (exact) mass is 294 g/mol. The van der Waals surface area contributed by atoms with E-state index in [0.29, 0.717) is 6.54 Å². The first-order valence-corrected chi connectivity index (χ1v) is 7.51. The molecule has 1 aromatic rings. The summed E-state index contributed by atoms with van der Waals surface area (Å²) in [6.07, 6.45) is 1.15. The molecule has 118 valence electrons. The van der Waals surface area contributed by atoms with Crippen molar-refractivity contribution in [2.24, 2.45) is 5.92 Å². The summed E-state index contributed by atoms with van der Waals surface area (Å²) < 4.78 is 5.43. The molecule has 1 saturated heterocycles. The maximum absolute atomic E-state index is 10.9. The van der Waals surface area contributed by atoms with Crippen LogP contribution in [0.1, 0.15) is 58.9 Å². The third-order valence-corrected chi connectivity index (χ3v) is 4.24. The molecule has 1 unspecified atom stereocenters. The molecule has 2 heterocycles. The third-order valence-electron chi connectivity index (χ3n) is 4.24. The molecular formula is C16H26N2O3. The molecular weight excluding hydrogens is 268 g/mol. The Labute approximate surface area is 126 Å². The van der Waals surface area contributed by atoms with E-state index in [9.17, 15) is 4.79 Å².